The predicted molar refractivity (Wildman–Crippen MR) is 97.3 cm³/mol. The van der Waals surface area contributed by atoms with Crippen LogP contribution in [0.2, 0.25) is 5.02 Å². The van der Waals surface area contributed by atoms with Crippen LogP contribution in [-0.2, 0) is 4.79 Å². The number of benzene rings is 2. The van der Waals surface area contributed by atoms with Gasteiger partial charge in [0.05, 0.1) is 25.0 Å². The molecule has 0 atom stereocenters. The van der Waals surface area contributed by atoms with Gasteiger partial charge >= 0.3 is 0 Å². The van der Waals surface area contributed by atoms with Gasteiger partial charge in [0.25, 0.3) is 0 Å². The number of rotatable bonds is 5. The van der Waals surface area contributed by atoms with Crippen molar-refractivity contribution < 1.29 is 19.0 Å². The minimum atomic E-state index is -0.214. The first-order chi connectivity index (χ1) is 12.1. The summed E-state index contributed by atoms with van der Waals surface area (Å²) in [5, 5.41) is 6.48. The molecule has 3 rings (SSSR count). The number of para-hydroxylation sites is 1. The normalized spacial score (nSPS) is 12.4. The minimum absolute atomic E-state index is 0.0740. The molecular formula is C18H19ClN2O4. The number of carbonyl (C=O) groups is 1. The smallest absolute Gasteiger partial charge is 0.243 e. The molecule has 0 bridgehead atoms. The van der Waals surface area contributed by atoms with Gasteiger partial charge < -0.3 is 24.8 Å². The molecule has 1 aliphatic rings. The number of hydrogen-bond acceptors (Lipinski definition) is 5. The molecule has 0 radical (unpaired) electrons. The Morgan fingerprint density at radius 3 is 2.84 bits per heavy atom. The third-order valence-corrected chi connectivity index (χ3v) is 4.17. The van der Waals surface area contributed by atoms with E-state index >= 15 is 0 Å². The van der Waals surface area contributed by atoms with Crippen LogP contribution in [0.4, 0.5) is 11.4 Å². The van der Waals surface area contributed by atoms with Gasteiger partial charge in [-0.15, -0.1) is 0 Å². The molecule has 7 heteroatoms. The Labute approximate surface area is 151 Å². The Bertz CT molecular complexity index is 795. The third-order valence-electron chi connectivity index (χ3n) is 3.76. The molecule has 0 aliphatic carbocycles. The molecule has 0 spiro atoms. The monoisotopic (exact) mass is 362 g/mol. The maximum Gasteiger partial charge on any atom is 0.243 e. The number of amides is 1. The van der Waals surface area contributed by atoms with E-state index in [1.54, 1.807) is 12.1 Å². The van der Waals surface area contributed by atoms with E-state index < -0.39 is 0 Å². The zero-order chi connectivity index (χ0) is 17.8. The quantitative estimate of drug-likeness (QED) is 0.852. The summed E-state index contributed by atoms with van der Waals surface area (Å²) >= 11 is 6.08. The van der Waals surface area contributed by atoms with Crippen molar-refractivity contribution in [3.8, 4) is 17.2 Å². The summed E-state index contributed by atoms with van der Waals surface area (Å²) in [6.45, 7) is 2.94. The Morgan fingerprint density at radius 1 is 1.24 bits per heavy atom. The number of aryl methyl sites for hydroxylation is 1. The Balaban J connectivity index is 1.67. The highest BCUT2D eigenvalue weighted by Crippen LogP contribution is 2.37. The number of fused-ring (bicyclic) bond motifs is 1. The van der Waals surface area contributed by atoms with E-state index in [4.69, 9.17) is 25.8 Å². The van der Waals surface area contributed by atoms with Crippen molar-refractivity contribution in [2.45, 2.75) is 6.92 Å². The largest absolute Gasteiger partial charge is 0.495 e. The second-order valence-electron chi connectivity index (χ2n) is 5.53. The van der Waals surface area contributed by atoms with Crippen molar-refractivity contribution >= 4 is 28.9 Å². The van der Waals surface area contributed by atoms with Crippen LogP contribution < -0.4 is 24.8 Å². The first-order valence-electron chi connectivity index (χ1n) is 7.85. The number of ether oxygens (including phenoxy) is 3. The maximum absolute atomic E-state index is 12.3. The molecule has 0 saturated carbocycles. The number of hydrogen-bond donors (Lipinski definition) is 2. The molecule has 0 unspecified atom stereocenters. The van der Waals surface area contributed by atoms with Crippen LogP contribution >= 0.6 is 11.6 Å². The highest BCUT2D eigenvalue weighted by molar-refractivity contribution is 6.31. The molecule has 2 aromatic carbocycles. The van der Waals surface area contributed by atoms with Crippen molar-refractivity contribution in [2.75, 3.05) is 37.5 Å². The number of methoxy groups -OCH3 is 1. The summed E-state index contributed by atoms with van der Waals surface area (Å²) in [4.78, 5) is 12.3. The number of halogens is 1. The standard InChI is InChI=1S/C18H19ClN2O4/c1-11-8-14(16(23-2)9-12(11)19)21-17(22)10-20-13-4-3-5-15-18(13)25-7-6-24-15/h3-5,8-9,20H,6-7,10H2,1-2H3,(H,21,22). The van der Waals surface area contributed by atoms with E-state index in [0.717, 1.165) is 5.56 Å². The van der Waals surface area contributed by atoms with Gasteiger partial charge in [0, 0.05) is 11.1 Å². The van der Waals surface area contributed by atoms with Gasteiger partial charge in [0.2, 0.25) is 5.91 Å². The van der Waals surface area contributed by atoms with Gasteiger partial charge in [0.1, 0.15) is 19.0 Å². The highest BCUT2D eigenvalue weighted by atomic mass is 35.5. The SMILES string of the molecule is COc1cc(Cl)c(C)cc1NC(=O)CNc1cccc2c1OCCO2. The summed E-state index contributed by atoms with van der Waals surface area (Å²) < 4.78 is 16.4. The van der Waals surface area contributed by atoms with Gasteiger partial charge in [-0.2, -0.15) is 0 Å². The first kappa shape index (κ1) is 17.2. The van der Waals surface area contributed by atoms with Crippen LogP contribution in [0.5, 0.6) is 17.2 Å². The lowest BCUT2D eigenvalue weighted by molar-refractivity contribution is -0.114. The summed E-state index contributed by atoms with van der Waals surface area (Å²) in [6.07, 6.45) is 0. The van der Waals surface area contributed by atoms with Crippen molar-refractivity contribution in [3.05, 3.63) is 40.9 Å². The van der Waals surface area contributed by atoms with Gasteiger partial charge in [-0.05, 0) is 30.7 Å². The highest BCUT2D eigenvalue weighted by Gasteiger charge is 2.16. The number of anilines is 2. The van der Waals surface area contributed by atoms with Crippen molar-refractivity contribution in [1.29, 1.82) is 0 Å². The molecule has 1 aliphatic heterocycles. The van der Waals surface area contributed by atoms with Crippen molar-refractivity contribution in [1.82, 2.24) is 0 Å². The van der Waals surface area contributed by atoms with E-state index in [2.05, 4.69) is 10.6 Å². The van der Waals surface area contributed by atoms with E-state index in [0.29, 0.717) is 46.9 Å². The zero-order valence-electron chi connectivity index (χ0n) is 14.0. The average molecular weight is 363 g/mol. The lowest BCUT2D eigenvalue weighted by atomic mass is 10.2. The second kappa shape index (κ2) is 7.53. The molecule has 0 aromatic heterocycles. The van der Waals surface area contributed by atoms with Gasteiger partial charge in [-0.25, -0.2) is 0 Å². The predicted octanol–water partition coefficient (Wildman–Crippen LogP) is 3.48. The molecule has 0 saturated heterocycles. The topological polar surface area (TPSA) is 68.8 Å². The summed E-state index contributed by atoms with van der Waals surface area (Å²) in [5.41, 5.74) is 2.14. The lowest BCUT2D eigenvalue weighted by Crippen LogP contribution is -2.23. The first-order valence-corrected chi connectivity index (χ1v) is 8.22. The van der Waals surface area contributed by atoms with Crippen molar-refractivity contribution in [2.24, 2.45) is 0 Å². The van der Waals surface area contributed by atoms with Gasteiger partial charge in [0.15, 0.2) is 11.5 Å². The third kappa shape index (κ3) is 3.91. The maximum atomic E-state index is 12.3. The molecule has 2 aromatic rings. The van der Waals surface area contributed by atoms with E-state index in [9.17, 15) is 4.79 Å². The average Bonchev–Trinajstić information content (AvgIpc) is 2.62. The van der Waals surface area contributed by atoms with Crippen molar-refractivity contribution in [3.63, 3.8) is 0 Å². The fraction of sp³-hybridized carbons (Fsp3) is 0.278. The van der Waals surface area contributed by atoms with Crippen LogP contribution in [0, 0.1) is 6.92 Å². The second-order valence-corrected chi connectivity index (χ2v) is 5.94. The van der Waals surface area contributed by atoms with E-state index in [1.807, 2.05) is 25.1 Å². The van der Waals surface area contributed by atoms with Crippen LogP contribution in [0.1, 0.15) is 5.56 Å². The molecule has 2 N–H and O–H groups in total. The van der Waals surface area contributed by atoms with Crippen LogP contribution in [-0.4, -0.2) is 32.8 Å². The number of nitrogens with one attached hydrogen (secondary N) is 2. The summed E-state index contributed by atoms with van der Waals surface area (Å²) in [6, 6.07) is 8.98. The summed E-state index contributed by atoms with van der Waals surface area (Å²) in [5.74, 6) is 1.60. The molecule has 6 nitrogen and oxygen atoms in total. The zero-order valence-corrected chi connectivity index (χ0v) is 14.8. The minimum Gasteiger partial charge on any atom is -0.495 e. The van der Waals surface area contributed by atoms with Crippen LogP contribution in [0.15, 0.2) is 30.3 Å². The van der Waals surface area contributed by atoms with Crippen LogP contribution in [0.25, 0.3) is 0 Å². The molecule has 0 fully saturated rings. The molecule has 132 valence electrons. The summed E-state index contributed by atoms with van der Waals surface area (Å²) in [7, 11) is 1.53. The molecular weight excluding hydrogens is 344 g/mol. The fourth-order valence-corrected chi connectivity index (χ4v) is 2.67. The lowest BCUT2D eigenvalue weighted by Gasteiger charge is -2.21. The number of carbonyl (C=O) groups excluding carboxylic acids is 1. The van der Waals surface area contributed by atoms with E-state index in [-0.39, 0.29) is 12.5 Å². The van der Waals surface area contributed by atoms with Gasteiger partial charge in [-0.3, -0.25) is 4.79 Å². The Morgan fingerprint density at radius 2 is 2.04 bits per heavy atom. The Kier molecular flexibility index (Phi) is 5.19. The Hall–Kier alpha value is -2.60. The van der Waals surface area contributed by atoms with E-state index in [1.165, 1.54) is 7.11 Å². The molecule has 1 heterocycles. The van der Waals surface area contributed by atoms with Crippen LogP contribution in [0.3, 0.4) is 0 Å². The molecule has 1 amide bonds. The molecule has 25 heavy (non-hydrogen) atoms. The fourth-order valence-electron chi connectivity index (χ4n) is 2.51. The van der Waals surface area contributed by atoms with Gasteiger partial charge in [-0.1, -0.05) is 17.7 Å².